The number of hydrogen-bond donors (Lipinski definition) is 2. The van der Waals surface area contributed by atoms with Crippen LogP contribution in [0.1, 0.15) is 22.0 Å². The Morgan fingerprint density at radius 1 is 1.32 bits per heavy atom. The molecule has 1 fully saturated rings. The van der Waals surface area contributed by atoms with E-state index in [1.54, 1.807) is 18.3 Å². The number of rotatable bonds is 3. The van der Waals surface area contributed by atoms with Crippen LogP contribution in [0, 0.1) is 12.7 Å². The number of nitrogens with one attached hydrogen (secondary N) is 1. The lowest BCUT2D eigenvalue weighted by molar-refractivity contribution is 0.197. The van der Waals surface area contributed by atoms with Crippen LogP contribution < -0.4 is 5.32 Å². The van der Waals surface area contributed by atoms with Crippen LogP contribution in [0.25, 0.3) is 0 Å². The highest BCUT2D eigenvalue weighted by atomic mass is 35.5. The van der Waals surface area contributed by atoms with E-state index in [0.717, 1.165) is 31.1 Å². The van der Waals surface area contributed by atoms with Crippen molar-refractivity contribution in [3.63, 3.8) is 0 Å². The van der Waals surface area contributed by atoms with Crippen LogP contribution in [0.4, 0.5) is 4.39 Å². The zero-order chi connectivity index (χ0) is 14.8. The molecule has 1 aliphatic rings. The van der Waals surface area contributed by atoms with Crippen LogP contribution in [0.2, 0.25) is 0 Å². The van der Waals surface area contributed by atoms with Gasteiger partial charge in [0.1, 0.15) is 11.6 Å². The summed E-state index contributed by atoms with van der Waals surface area (Å²) in [5.74, 6) is -0.0923. The average Bonchev–Trinajstić information content (AvgIpc) is 2.99. The summed E-state index contributed by atoms with van der Waals surface area (Å²) in [5.41, 5.74) is 1.25. The quantitative estimate of drug-likeness (QED) is 0.898. The third-order valence-electron chi connectivity index (χ3n) is 3.92. The first-order chi connectivity index (χ1) is 10.2. The molecule has 2 heterocycles. The molecule has 120 valence electrons. The van der Waals surface area contributed by atoms with Crippen LogP contribution in [-0.4, -0.2) is 36.2 Å². The Morgan fingerprint density at radius 3 is 2.68 bits per heavy atom. The van der Waals surface area contributed by atoms with Gasteiger partial charge in [0.15, 0.2) is 0 Å². The van der Waals surface area contributed by atoms with E-state index < -0.39 is 0 Å². The predicted molar refractivity (Wildman–Crippen MR) is 90.7 cm³/mol. The lowest BCUT2D eigenvalue weighted by Gasteiger charge is -2.35. The molecule has 1 atom stereocenters. The summed E-state index contributed by atoms with van der Waals surface area (Å²) in [7, 11) is 0. The van der Waals surface area contributed by atoms with Crippen molar-refractivity contribution in [2.75, 3.05) is 26.2 Å². The zero-order valence-corrected chi connectivity index (χ0v) is 14.0. The molecule has 22 heavy (non-hydrogen) atoms. The van der Waals surface area contributed by atoms with Crippen molar-refractivity contribution in [3.05, 3.63) is 51.5 Å². The van der Waals surface area contributed by atoms with Crippen molar-refractivity contribution < 1.29 is 9.50 Å². The fraction of sp³-hybridized carbons (Fsp3) is 0.375. The van der Waals surface area contributed by atoms with E-state index in [-0.39, 0.29) is 30.0 Å². The van der Waals surface area contributed by atoms with Crippen molar-refractivity contribution in [1.82, 2.24) is 10.2 Å². The van der Waals surface area contributed by atoms with Gasteiger partial charge in [-0.2, -0.15) is 0 Å². The third-order valence-corrected chi connectivity index (χ3v) is 4.84. The molecule has 6 heteroatoms. The maximum absolute atomic E-state index is 13.8. The van der Waals surface area contributed by atoms with Gasteiger partial charge in [0.05, 0.1) is 6.04 Å². The summed E-state index contributed by atoms with van der Waals surface area (Å²) < 4.78 is 13.8. The summed E-state index contributed by atoms with van der Waals surface area (Å²) in [6.07, 6.45) is 0. The molecule has 0 spiro atoms. The number of phenolic OH excluding ortho intramolecular Hbond substituents is 1. The Hall–Kier alpha value is -1.14. The second kappa shape index (κ2) is 7.42. The number of halogens is 2. The van der Waals surface area contributed by atoms with E-state index in [0.29, 0.717) is 11.1 Å². The Labute approximate surface area is 140 Å². The van der Waals surface area contributed by atoms with Crippen LogP contribution >= 0.6 is 23.7 Å². The summed E-state index contributed by atoms with van der Waals surface area (Å²) >= 11 is 1.64. The van der Waals surface area contributed by atoms with Gasteiger partial charge >= 0.3 is 0 Å². The van der Waals surface area contributed by atoms with Crippen LogP contribution in [0.15, 0.2) is 29.6 Å². The van der Waals surface area contributed by atoms with Crippen molar-refractivity contribution in [1.29, 1.82) is 0 Å². The predicted octanol–water partition coefficient (Wildman–Crippen LogP) is 3.32. The number of aromatic hydroxyl groups is 1. The van der Waals surface area contributed by atoms with E-state index in [2.05, 4.69) is 16.3 Å². The Morgan fingerprint density at radius 2 is 2.05 bits per heavy atom. The van der Waals surface area contributed by atoms with Gasteiger partial charge in [-0.1, -0.05) is 6.07 Å². The average molecular weight is 343 g/mol. The van der Waals surface area contributed by atoms with Gasteiger partial charge in [-0.15, -0.1) is 23.7 Å². The lowest BCUT2D eigenvalue weighted by atomic mass is 9.99. The molecular formula is C16H20ClFN2OS. The summed E-state index contributed by atoms with van der Waals surface area (Å²) in [6, 6.07) is 6.81. The number of phenols is 1. The number of benzene rings is 1. The molecule has 1 aromatic carbocycles. The first-order valence-corrected chi connectivity index (χ1v) is 8.02. The Bertz CT molecular complexity index is 615. The Balaban J connectivity index is 0.00000176. The fourth-order valence-electron chi connectivity index (χ4n) is 2.89. The number of thiophene rings is 1. The second-order valence-electron chi connectivity index (χ2n) is 5.36. The normalized spacial score (nSPS) is 17.0. The molecule has 2 N–H and O–H groups in total. The first kappa shape index (κ1) is 17.2. The van der Waals surface area contributed by atoms with Gasteiger partial charge in [-0.05, 0) is 36.1 Å². The number of aryl methyl sites for hydroxylation is 1. The van der Waals surface area contributed by atoms with E-state index in [1.165, 1.54) is 12.1 Å². The minimum absolute atomic E-state index is 0. The van der Waals surface area contributed by atoms with E-state index in [1.807, 2.05) is 11.4 Å². The van der Waals surface area contributed by atoms with Crippen LogP contribution in [-0.2, 0) is 0 Å². The molecule has 0 unspecified atom stereocenters. The summed E-state index contributed by atoms with van der Waals surface area (Å²) in [4.78, 5) is 3.44. The number of nitrogens with zero attached hydrogens (tertiary/aromatic N) is 1. The van der Waals surface area contributed by atoms with Gasteiger partial charge in [0, 0.05) is 36.6 Å². The van der Waals surface area contributed by atoms with E-state index in [9.17, 15) is 9.50 Å². The van der Waals surface area contributed by atoms with Gasteiger partial charge in [0.2, 0.25) is 0 Å². The second-order valence-corrected chi connectivity index (χ2v) is 6.34. The molecule has 1 saturated heterocycles. The van der Waals surface area contributed by atoms with Gasteiger partial charge in [0.25, 0.3) is 0 Å². The zero-order valence-electron chi connectivity index (χ0n) is 12.4. The van der Waals surface area contributed by atoms with Crippen LogP contribution in [0.5, 0.6) is 5.75 Å². The number of piperazine rings is 1. The fourth-order valence-corrected chi connectivity index (χ4v) is 3.76. The standard InChI is InChI=1S/C16H19FN2OS.ClH/c1-11-9-12(17)10-13(16(11)20)15(14-3-2-8-21-14)19-6-4-18-5-7-19;/h2-3,8-10,15,18,20H,4-7H2,1H3;1H/t15-;/m1./s1. The number of hydrogen-bond acceptors (Lipinski definition) is 4. The van der Waals surface area contributed by atoms with Crippen molar-refractivity contribution in [2.24, 2.45) is 0 Å². The van der Waals surface area contributed by atoms with Crippen LogP contribution in [0.3, 0.4) is 0 Å². The van der Waals surface area contributed by atoms with Gasteiger partial charge < -0.3 is 10.4 Å². The molecule has 1 aliphatic heterocycles. The highest BCUT2D eigenvalue weighted by Gasteiger charge is 2.27. The van der Waals surface area contributed by atoms with Gasteiger partial charge in [-0.3, -0.25) is 4.90 Å². The minimum Gasteiger partial charge on any atom is -0.507 e. The molecule has 0 radical (unpaired) electrons. The molecule has 3 nitrogen and oxygen atoms in total. The SMILES string of the molecule is Cc1cc(F)cc([C@H](c2cccs2)N2CCNCC2)c1O.Cl. The van der Waals surface area contributed by atoms with Crippen molar-refractivity contribution in [3.8, 4) is 5.75 Å². The molecule has 1 aromatic heterocycles. The molecule has 3 rings (SSSR count). The molecule has 0 bridgehead atoms. The van der Waals surface area contributed by atoms with E-state index in [4.69, 9.17) is 0 Å². The largest absolute Gasteiger partial charge is 0.507 e. The topological polar surface area (TPSA) is 35.5 Å². The van der Waals surface area contributed by atoms with Crippen molar-refractivity contribution in [2.45, 2.75) is 13.0 Å². The first-order valence-electron chi connectivity index (χ1n) is 7.14. The maximum Gasteiger partial charge on any atom is 0.124 e. The summed E-state index contributed by atoms with van der Waals surface area (Å²) in [5, 5.41) is 15.8. The monoisotopic (exact) mass is 342 g/mol. The molecule has 2 aromatic rings. The highest BCUT2D eigenvalue weighted by Crippen LogP contribution is 2.38. The lowest BCUT2D eigenvalue weighted by Crippen LogP contribution is -2.45. The molecule has 0 amide bonds. The summed E-state index contributed by atoms with van der Waals surface area (Å²) in [6.45, 7) is 5.34. The minimum atomic E-state index is -0.294. The molecule has 0 saturated carbocycles. The maximum atomic E-state index is 13.8. The van der Waals surface area contributed by atoms with Crippen molar-refractivity contribution >= 4 is 23.7 Å². The Kier molecular flexibility index (Phi) is 5.81. The molecule has 0 aliphatic carbocycles. The third kappa shape index (κ3) is 3.43. The molecular weight excluding hydrogens is 323 g/mol. The highest BCUT2D eigenvalue weighted by molar-refractivity contribution is 7.10. The van der Waals surface area contributed by atoms with E-state index >= 15 is 0 Å². The smallest absolute Gasteiger partial charge is 0.124 e. The van der Waals surface area contributed by atoms with Gasteiger partial charge in [-0.25, -0.2) is 4.39 Å².